The van der Waals surface area contributed by atoms with Crippen LogP contribution in [0.25, 0.3) is 0 Å². The fourth-order valence-corrected chi connectivity index (χ4v) is 3.89. The third-order valence-electron chi connectivity index (χ3n) is 3.39. The van der Waals surface area contributed by atoms with Crippen LogP contribution in [0.4, 0.5) is 10.8 Å². The van der Waals surface area contributed by atoms with E-state index in [2.05, 4.69) is 25.9 Å². The molecule has 2 aromatic rings. The first-order valence-electron chi connectivity index (χ1n) is 7.46. The van der Waals surface area contributed by atoms with Crippen LogP contribution >= 0.6 is 23.1 Å². The minimum Gasteiger partial charge on any atom is -0.383 e. The molecule has 0 unspecified atom stereocenters. The third kappa shape index (κ3) is 4.68. The second-order valence-corrected chi connectivity index (χ2v) is 7.78. The summed E-state index contributed by atoms with van der Waals surface area (Å²) in [5.74, 6) is -0.0803. The first kappa shape index (κ1) is 18.7. The van der Waals surface area contributed by atoms with Crippen LogP contribution < -0.4 is 10.6 Å². The molecule has 0 bridgehead atoms. The molecule has 132 valence electrons. The van der Waals surface area contributed by atoms with Crippen molar-refractivity contribution in [3.05, 3.63) is 11.4 Å². The quantitative estimate of drug-likeness (QED) is 0.542. The summed E-state index contributed by atoms with van der Waals surface area (Å²) in [6.07, 6.45) is 0. The molecule has 0 aliphatic heterocycles. The molecule has 0 aliphatic rings. The number of thioether (sulfide) groups is 1. The number of carbonyl (C=O) groups excluding carboxylic acids is 1. The lowest BCUT2D eigenvalue weighted by Gasteiger charge is -2.10. The summed E-state index contributed by atoms with van der Waals surface area (Å²) in [7, 11) is 3.50. The standard InChI is InChI=1S/C14H22N6O2S2/c1-8-11(9(2)20(4)19-8)16-12(21)10(3)23-14-18-17-13(24-14)15-6-7-22-5/h10H,6-7H2,1-5H3,(H,15,17)(H,16,21)/t10-/m0/s1. The first-order chi connectivity index (χ1) is 11.4. The molecule has 2 rings (SSSR count). The zero-order chi connectivity index (χ0) is 17.7. The van der Waals surface area contributed by atoms with Gasteiger partial charge < -0.3 is 15.4 Å². The first-order valence-corrected chi connectivity index (χ1v) is 9.16. The van der Waals surface area contributed by atoms with Crippen LogP contribution in [0, 0.1) is 13.8 Å². The molecule has 8 nitrogen and oxygen atoms in total. The number of methoxy groups -OCH3 is 1. The lowest BCUT2D eigenvalue weighted by Crippen LogP contribution is -2.23. The summed E-state index contributed by atoms with van der Waals surface area (Å²) < 4.78 is 7.48. The fourth-order valence-electron chi connectivity index (χ4n) is 1.97. The monoisotopic (exact) mass is 370 g/mol. The molecule has 2 N–H and O–H groups in total. The Morgan fingerprint density at radius 1 is 1.42 bits per heavy atom. The molecular formula is C14H22N6O2S2. The predicted octanol–water partition coefficient (Wildman–Crippen LogP) is 2.07. The minimum atomic E-state index is -0.288. The van der Waals surface area contributed by atoms with Crippen molar-refractivity contribution in [2.45, 2.75) is 30.4 Å². The maximum atomic E-state index is 12.4. The van der Waals surface area contributed by atoms with E-state index >= 15 is 0 Å². The van der Waals surface area contributed by atoms with Gasteiger partial charge in [-0.1, -0.05) is 23.1 Å². The average molecular weight is 371 g/mol. The van der Waals surface area contributed by atoms with Crippen molar-refractivity contribution in [1.82, 2.24) is 20.0 Å². The lowest BCUT2D eigenvalue weighted by molar-refractivity contribution is -0.115. The Morgan fingerprint density at radius 3 is 2.79 bits per heavy atom. The van der Waals surface area contributed by atoms with Crippen molar-refractivity contribution >= 4 is 39.8 Å². The van der Waals surface area contributed by atoms with Crippen LogP contribution in [0.1, 0.15) is 18.3 Å². The van der Waals surface area contributed by atoms with Crippen LogP contribution in [-0.4, -0.2) is 51.4 Å². The fraction of sp³-hybridized carbons (Fsp3) is 0.571. The van der Waals surface area contributed by atoms with Gasteiger partial charge in [0, 0.05) is 20.7 Å². The van der Waals surface area contributed by atoms with E-state index in [0.717, 1.165) is 26.5 Å². The van der Waals surface area contributed by atoms with Crippen molar-refractivity contribution in [2.24, 2.45) is 7.05 Å². The van der Waals surface area contributed by atoms with Gasteiger partial charge in [0.2, 0.25) is 11.0 Å². The highest BCUT2D eigenvalue weighted by Gasteiger charge is 2.20. The summed E-state index contributed by atoms with van der Waals surface area (Å²) in [4.78, 5) is 12.4. The number of ether oxygens (including phenoxy) is 1. The summed E-state index contributed by atoms with van der Waals surface area (Å²) in [6.45, 7) is 6.93. The Morgan fingerprint density at radius 2 is 2.17 bits per heavy atom. The highest BCUT2D eigenvalue weighted by atomic mass is 32.2. The smallest absolute Gasteiger partial charge is 0.237 e. The third-order valence-corrected chi connectivity index (χ3v) is 5.46. The molecule has 0 fully saturated rings. The molecule has 2 heterocycles. The van der Waals surface area contributed by atoms with Crippen LogP contribution in [-0.2, 0) is 16.6 Å². The van der Waals surface area contributed by atoms with Crippen LogP contribution in [0.5, 0.6) is 0 Å². The average Bonchev–Trinajstić information content (AvgIpc) is 3.07. The molecule has 0 radical (unpaired) electrons. The van der Waals surface area contributed by atoms with E-state index in [1.807, 2.05) is 27.8 Å². The number of aromatic nitrogens is 4. The van der Waals surface area contributed by atoms with Crippen molar-refractivity contribution < 1.29 is 9.53 Å². The second-order valence-electron chi connectivity index (χ2n) is 5.21. The molecule has 1 atom stereocenters. The van der Waals surface area contributed by atoms with E-state index in [4.69, 9.17) is 4.74 Å². The summed E-state index contributed by atoms with van der Waals surface area (Å²) in [5.41, 5.74) is 2.51. The highest BCUT2D eigenvalue weighted by Crippen LogP contribution is 2.29. The molecule has 0 aliphatic carbocycles. The van der Waals surface area contributed by atoms with E-state index in [1.165, 1.54) is 23.1 Å². The molecule has 0 saturated heterocycles. The van der Waals surface area contributed by atoms with Crippen LogP contribution in [0.2, 0.25) is 0 Å². The molecular weight excluding hydrogens is 348 g/mol. The summed E-state index contributed by atoms with van der Waals surface area (Å²) >= 11 is 2.81. The number of rotatable bonds is 8. The van der Waals surface area contributed by atoms with Crippen LogP contribution in [0.15, 0.2) is 4.34 Å². The van der Waals surface area contributed by atoms with Gasteiger partial charge in [0.05, 0.1) is 28.9 Å². The number of carbonyl (C=O) groups is 1. The van der Waals surface area contributed by atoms with Gasteiger partial charge in [0.15, 0.2) is 4.34 Å². The molecule has 2 aromatic heterocycles. The second kappa shape index (κ2) is 8.45. The van der Waals surface area contributed by atoms with E-state index in [0.29, 0.717) is 13.2 Å². The Labute approximate surface area is 149 Å². The maximum Gasteiger partial charge on any atom is 0.237 e. The van der Waals surface area contributed by atoms with Gasteiger partial charge in [-0.2, -0.15) is 5.10 Å². The van der Waals surface area contributed by atoms with Crippen molar-refractivity contribution in [3.63, 3.8) is 0 Å². The number of nitrogens with one attached hydrogen (secondary N) is 2. The zero-order valence-electron chi connectivity index (χ0n) is 14.4. The van der Waals surface area contributed by atoms with Gasteiger partial charge in [-0.25, -0.2) is 0 Å². The van der Waals surface area contributed by atoms with Gasteiger partial charge in [-0.3, -0.25) is 9.48 Å². The Kier molecular flexibility index (Phi) is 6.58. The van der Waals surface area contributed by atoms with E-state index in [1.54, 1.807) is 11.8 Å². The molecule has 0 aromatic carbocycles. The van der Waals surface area contributed by atoms with Gasteiger partial charge >= 0.3 is 0 Å². The van der Waals surface area contributed by atoms with Gasteiger partial charge in [-0.05, 0) is 20.8 Å². The number of amides is 1. The SMILES string of the molecule is COCCNc1nnc(S[C@@H](C)C(=O)Nc2c(C)nn(C)c2C)s1. The van der Waals surface area contributed by atoms with Crippen LogP contribution in [0.3, 0.4) is 0 Å². The Hall–Kier alpha value is -1.65. The van der Waals surface area contributed by atoms with Gasteiger partial charge in [-0.15, -0.1) is 10.2 Å². The normalized spacial score (nSPS) is 12.2. The van der Waals surface area contributed by atoms with Gasteiger partial charge in [0.1, 0.15) is 0 Å². The number of hydrogen-bond acceptors (Lipinski definition) is 8. The van der Waals surface area contributed by atoms with Crippen molar-refractivity contribution in [3.8, 4) is 0 Å². The van der Waals surface area contributed by atoms with Crippen molar-refractivity contribution in [2.75, 3.05) is 30.9 Å². The zero-order valence-corrected chi connectivity index (χ0v) is 16.0. The highest BCUT2D eigenvalue weighted by molar-refractivity contribution is 8.02. The largest absolute Gasteiger partial charge is 0.383 e. The molecule has 0 saturated carbocycles. The molecule has 10 heteroatoms. The molecule has 24 heavy (non-hydrogen) atoms. The molecule has 0 spiro atoms. The minimum absolute atomic E-state index is 0.0803. The topological polar surface area (TPSA) is 94.0 Å². The number of aryl methyl sites for hydroxylation is 2. The lowest BCUT2D eigenvalue weighted by atomic mass is 10.3. The Bertz CT molecular complexity index is 699. The number of hydrogen-bond donors (Lipinski definition) is 2. The molecule has 1 amide bonds. The summed E-state index contributed by atoms with van der Waals surface area (Å²) in [5, 5.41) is 19.0. The van der Waals surface area contributed by atoms with Crippen molar-refractivity contribution in [1.29, 1.82) is 0 Å². The van der Waals surface area contributed by atoms with E-state index in [9.17, 15) is 4.79 Å². The number of nitrogens with zero attached hydrogens (tertiary/aromatic N) is 4. The maximum absolute atomic E-state index is 12.4. The Balaban J connectivity index is 1.92. The van der Waals surface area contributed by atoms with E-state index < -0.39 is 0 Å². The summed E-state index contributed by atoms with van der Waals surface area (Å²) in [6, 6.07) is 0. The predicted molar refractivity (Wildman–Crippen MR) is 96.9 cm³/mol. The number of anilines is 2. The van der Waals surface area contributed by atoms with E-state index in [-0.39, 0.29) is 11.2 Å². The van der Waals surface area contributed by atoms with Gasteiger partial charge in [0.25, 0.3) is 0 Å².